The minimum atomic E-state index is 1.12. The number of quaternary nitrogens is 1. The van der Waals surface area contributed by atoms with Gasteiger partial charge in [0.1, 0.15) is 0 Å². The van der Waals surface area contributed by atoms with Crippen LogP contribution < -0.4 is 0 Å². The number of hydrogen-bond donors (Lipinski definition) is 0. The Morgan fingerprint density at radius 1 is 0.818 bits per heavy atom. The first-order valence-electron chi connectivity index (χ1n) is 5.07. The molecular formula is C10H18N+. The van der Waals surface area contributed by atoms with Gasteiger partial charge in [-0.05, 0) is 19.3 Å². The molecule has 1 heteroatoms. The van der Waals surface area contributed by atoms with Crippen LogP contribution in [0, 0.1) is 17.8 Å². The fourth-order valence-corrected chi connectivity index (χ4v) is 4.24. The van der Waals surface area contributed by atoms with Crippen molar-refractivity contribution < 1.29 is 4.48 Å². The lowest BCUT2D eigenvalue weighted by Gasteiger charge is -2.56. The molecule has 62 valence electrons. The third-order valence-corrected chi connectivity index (χ3v) is 4.10. The lowest BCUT2D eigenvalue weighted by Crippen LogP contribution is -2.63. The Bertz CT molecular complexity index is 150. The van der Waals surface area contributed by atoms with Gasteiger partial charge in [-0.1, -0.05) is 0 Å². The molecule has 3 aliphatic heterocycles. The van der Waals surface area contributed by atoms with Crippen molar-refractivity contribution in [3.63, 3.8) is 0 Å². The summed E-state index contributed by atoms with van der Waals surface area (Å²) in [5.41, 5.74) is 0. The summed E-state index contributed by atoms with van der Waals surface area (Å²) >= 11 is 0. The smallest absolute Gasteiger partial charge is 0.0813 e. The van der Waals surface area contributed by atoms with E-state index in [4.69, 9.17) is 0 Å². The van der Waals surface area contributed by atoms with E-state index in [-0.39, 0.29) is 0 Å². The third-order valence-electron chi connectivity index (χ3n) is 4.10. The first kappa shape index (κ1) is 6.47. The van der Waals surface area contributed by atoms with Crippen LogP contribution in [-0.4, -0.2) is 31.2 Å². The molecule has 4 fully saturated rings. The lowest BCUT2D eigenvalue weighted by atomic mass is 9.67. The third kappa shape index (κ3) is 0.868. The Morgan fingerprint density at radius 3 is 1.45 bits per heavy atom. The normalized spacial score (nSPS) is 60.3. The summed E-state index contributed by atoms with van der Waals surface area (Å²) in [5, 5.41) is 0. The second-order valence-electron chi connectivity index (χ2n) is 5.47. The van der Waals surface area contributed by atoms with Crippen molar-refractivity contribution in [1.29, 1.82) is 0 Å². The van der Waals surface area contributed by atoms with Gasteiger partial charge in [-0.2, -0.15) is 0 Å². The van der Waals surface area contributed by atoms with E-state index >= 15 is 0 Å². The number of rotatable bonds is 0. The van der Waals surface area contributed by atoms with Crippen LogP contribution in [0.25, 0.3) is 0 Å². The summed E-state index contributed by atoms with van der Waals surface area (Å²) in [6, 6.07) is 0. The van der Waals surface area contributed by atoms with E-state index in [1.807, 2.05) is 0 Å². The second kappa shape index (κ2) is 1.82. The molecule has 11 heavy (non-hydrogen) atoms. The Morgan fingerprint density at radius 2 is 1.18 bits per heavy atom. The second-order valence-corrected chi connectivity index (χ2v) is 5.47. The predicted octanol–water partition coefficient (Wildman–Crippen LogP) is 1.49. The summed E-state index contributed by atoms with van der Waals surface area (Å²) in [5.74, 6) is 3.35. The summed E-state index contributed by atoms with van der Waals surface area (Å²) in [7, 11) is 2.48. The number of piperidine rings is 3. The molecule has 0 radical (unpaired) electrons. The highest BCUT2D eigenvalue weighted by molar-refractivity contribution is 4.86. The molecule has 4 bridgehead atoms. The highest BCUT2D eigenvalue weighted by Crippen LogP contribution is 2.45. The maximum absolute atomic E-state index is 2.48. The number of nitrogens with zero attached hydrogens (tertiary/aromatic N) is 1. The van der Waals surface area contributed by atoms with Crippen LogP contribution in [0.1, 0.15) is 19.3 Å². The SMILES string of the molecule is C[N+]12CC3CC(CC(C3)C1)C2. The maximum atomic E-state index is 2.48. The summed E-state index contributed by atoms with van der Waals surface area (Å²) < 4.78 is 1.43. The Kier molecular flexibility index (Phi) is 1.07. The van der Waals surface area contributed by atoms with Crippen molar-refractivity contribution in [3.8, 4) is 0 Å². The summed E-state index contributed by atoms with van der Waals surface area (Å²) in [4.78, 5) is 0. The van der Waals surface area contributed by atoms with Crippen LogP contribution in [0.5, 0.6) is 0 Å². The van der Waals surface area contributed by atoms with Crippen molar-refractivity contribution >= 4 is 0 Å². The molecule has 0 aromatic rings. The molecule has 3 saturated heterocycles. The van der Waals surface area contributed by atoms with Crippen LogP contribution in [0.15, 0.2) is 0 Å². The van der Waals surface area contributed by atoms with E-state index in [0.29, 0.717) is 0 Å². The number of hydrogen-bond acceptors (Lipinski definition) is 0. The van der Waals surface area contributed by atoms with Crippen LogP contribution in [0.4, 0.5) is 0 Å². The molecule has 0 unspecified atom stereocenters. The molecule has 0 N–H and O–H groups in total. The predicted molar refractivity (Wildman–Crippen MR) is 45.1 cm³/mol. The Hall–Kier alpha value is -0.0400. The van der Waals surface area contributed by atoms with E-state index in [2.05, 4.69) is 7.05 Å². The fourth-order valence-electron chi connectivity index (χ4n) is 4.24. The average molecular weight is 152 g/mol. The average Bonchev–Trinajstić information content (AvgIpc) is 1.79. The molecule has 0 aromatic heterocycles. The minimum Gasteiger partial charge on any atom is -0.325 e. The van der Waals surface area contributed by atoms with Gasteiger partial charge >= 0.3 is 0 Å². The summed E-state index contributed by atoms with van der Waals surface area (Å²) in [6.45, 7) is 4.52. The molecule has 0 atom stereocenters. The largest absolute Gasteiger partial charge is 0.325 e. The van der Waals surface area contributed by atoms with Crippen molar-refractivity contribution in [3.05, 3.63) is 0 Å². The van der Waals surface area contributed by atoms with Gasteiger partial charge in [0.05, 0.1) is 26.7 Å². The molecule has 1 nitrogen and oxygen atoms in total. The molecule has 1 aliphatic carbocycles. The van der Waals surface area contributed by atoms with Gasteiger partial charge in [0.15, 0.2) is 0 Å². The topological polar surface area (TPSA) is 0 Å². The lowest BCUT2D eigenvalue weighted by molar-refractivity contribution is -0.936. The molecule has 4 rings (SSSR count). The zero-order valence-electron chi connectivity index (χ0n) is 7.42. The minimum absolute atomic E-state index is 1.12. The van der Waals surface area contributed by atoms with Gasteiger partial charge in [-0.3, -0.25) is 0 Å². The van der Waals surface area contributed by atoms with E-state index in [9.17, 15) is 0 Å². The molecule has 0 spiro atoms. The zero-order valence-corrected chi connectivity index (χ0v) is 7.42. The fraction of sp³-hybridized carbons (Fsp3) is 1.00. The molecular weight excluding hydrogens is 134 g/mol. The highest BCUT2D eigenvalue weighted by atomic mass is 15.4. The van der Waals surface area contributed by atoms with Crippen LogP contribution in [0.3, 0.4) is 0 Å². The Labute approximate surface area is 69.0 Å². The standard InChI is InChI=1S/C10H18N/c1-11-5-8-2-9(6-11)4-10(3-8)7-11/h8-10H,2-7H2,1H3/q+1. The van der Waals surface area contributed by atoms with Gasteiger partial charge in [0.25, 0.3) is 0 Å². The van der Waals surface area contributed by atoms with Crippen molar-refractivity contribution in [1.82, 2.24) is 0 Å². The highest BCUT2D eigenvalue weighted by Gasteiger charge is 2.48. The summed E-state index contributed by atoms with van der Waals surface area (Å²) in [6.07, 6.45) is 4.72. The van der Waals surface area contributed by atoms with Crippen molar-refractivity contribution in [2.75, 3.05) is 26.7 Å². The van der Waals surface area contributed by atoms with Crippen LogP contribution in [0.2, 0.25) is 0 Å². The van der Waals surface area contributed by atoms with E-state index in [1.165, 1.54) is 24.1 Å². The molecule has 1 saturated carbocycles. The maximum Gasteiger partial charge on any atom is 0.0813 e. The first-order valence-corrected chi connectivity index (χ1v) is 5.07. The molecule has 0 aromatic carbocycles. The van der Waals surface area contributed by atoms with E-state index < -0.39 is 0 Å². The van der Waals surface area contributed by atoms with Gasteiger partial charge in [-0.25, -0.2) is 0 Å². The van der Waals surface area contributed by atoms with Crippen molar-refractivity contribution in [2.45, 2.75) is 19.3 Å². The quantitative estimate of drug-likeness (QED) is 0.461. The molecule has 0 amide bonds. The van der Waals surface area contributed by atoms with E-state index in [0.717, 1.165) is 17.8 Å². The molecule has 4 aliphatic rings. The molecule has 3 heterocycles. The van der Waals surface area contributed by atoms with E-state index in [1.54, 1.807) is 19.3 Å². The van der Waals surface area contributed by atoms with Crippen LogP contribution in [-0.2, 0) is 0 Å². The van der Waals surface area contributed by atoms with Crippen molar-refractivity contribution in [2.24, 2.45) is 17.8 Å². The van der Waals surface area contributed by atoms with Gasteiger partial charge in [-0.15, -0.1) is 0 Å². The van der Waals surface area contributed by atoms with Gasteiger partial charge in [0, 0.05) is 17.8 Å². The zero-order chi connectivity index (χ0) is 7.47. The Balaban J connectivity index is 1.94. The van der Waals surface area contributed by atoms with Gasteiger partial charge < -0.3 is 4.48 Å². The first-order chi connectivity index (χ1) is 5.23. The van der Waals surface area contributed by atoms with Crippen LogP contribution >= 0.6 is 0 Å². The monoisotopic (exact) mass is 152 g/mol. The van der Waals surface area contributed by atoms with Gasteiger partial charge in [0.2, 0.25) is 0 Å².